The van der Waals surface area contributed by atoms with Gasteiger partial charge in [-0.3, -0.25) is 0 Å². The van der Waals surface area contributed by atoms with Crippen LogP contribution in [-0.4, -0.2) is 29.6 Å². The third kappa shape index (κ3) is 3.20. The molecule has 0 unspecified atom stereocenters. The van der Waals surface area contributed by atoms with Gasteiger partial charge in [-0.1, -0.05) is 13.8 Å². The Balaban J connectivity index is 2.47. The number of aromatic nitrogens is 2. The molecule has 0 aliphatic rings. The van der Waals surface area contributed by atoms with Crippen molar-refractivity contribution in [3.8, 4) is 0 Å². The summed E-state index contributed by atoms with van der Waals surface area (Å²) in [7, 11) is 0. The van der Waals surface area contributed by atoms with Crippen LogP contribution in [0.25, 0.3) is 10.2 Å². The molecule has 0 aromatic carbocycles. The van der Waals surface area contributed by atoms with Crippen molar-refractivity contribution in [1.29, 1.82) is 0 Å². The number of hydrogen-bond acceptors (Lipinski definition) is 5. The monoisotopic (exact) mass is 292 g/mol. The largest absolute Gasteiger partial charge is 0.356 e. The highest BCUT2D eigenvalue weighted by Crippen LogP contribution is 2.31. The Hall–Kier alpha value is -1.36. The number of hydrogen-bond donors (Lipinski definition) is 1. The number of anilines is 2. The number of rotatable bonds is 7. The number of nitrogens with one attached hydrogen (secondary N) is 1. The van der Waals surface area contributed by atoms with Gasteiger partial charge in [0.25, 0.3) is 0 Å². The first-order valence-corrected chi connectivity index (χ1v) is 8.28. The molecule has 20 heavy (non-hydrogen) atoms. The van der Waals surface area contributed by atoms with Crippen LogP contribution in [0.15, 0.2) is 6.07 Å². The SMILES string of the molecule is CCCNc1nc(N(CC)CCC)c2cc(C)sc2n1. The van der Waals surface area contributed by atoms with Gasteiger partial charge in [-0.2, -0.15) is 4.98 Å². The number of fused-ring (bicyclic) bond motifs is 1. The van der Waals surface area contributed by atoms with Gasteiger partial charge in [0.1, 0.15) is 10.6 Å². The lowest BCUT2D eigenvalue weighted by Gasteiger charge is -2.22. The molecule has 110 valence electrons. The first kappa shape index (κ1) is 15.0. The predicted molar refractivity (Wildman–Crippen MR) is 89.1 cm³/mol. The van der Waals surface area contributed by atoms with E-state index in [2.05, 4.69) is 49.0 Å². The van der Waals surface area contributed by atoms with Gasteiger partial charge in [-0.15, -0.1) is 11.3 Å². The Morgan fingerprint density at radius 1 is 1.20 bits per heavy atom. The highest BCUT2D eigenvalue weighted by atomic mass is 32.1. The standard InChI is InChI=1S/C15H24N4S/c1-5-8-16-15-17-13(19(7-3)9-6-2)12-10-11(4)20-14(12)18-15/h10H,5-9H2,1-4H3,(H,16,17,18). The smallest absolute Gasteiger partial charge is 0.226 e. The Labute approximate surface area is 125 Å². The molecule has 2 aromatic heterocycles. The minimum atomic E-state index is 0.755. The minimum absolute atomic E-state index is 0.755. The zero-order valence-corrected chi connectivity index (χ0v) is 13.7. The van der Waals surface area contributed by atoms with Crippen molar-refractivity contribution in [3.63, 3.8) is 0 Å². The summed E-state index contributed by atoms with van der Waals surface area (Å²) < 4.78 is 0. The summed E-state index contributed by atoms with van der Waals surface area (Å²) in [5.74, 6) is 1.83. The predicted octanol–water partition coefficient (Wildman–Crippen LogP) is 4.06. The summed E-state index contributed by atoms with van der Waals surface area (Å²) >= 11 is 1.74. The zero-order chi connectivity index (χ0) is 14.5. The average molecular weight is 292 g/mol. The van der Waals surface area contributed by atoms with Crippen LogP contribution in [0.3, 0.4) is 0 Å². The number of nitrogens with zero attached hydrogens (tertiary/aromatic N) is 3. The molecule has 0 radical (unpaired) electrons. The van der Waals surface area contributed by atoms with Gasteiger partial charge in [-0.05, 0) is 32.8 Å². The third-order valence-electron chi connectivity index (χ3n) is 3.20. The van der Waals surface area contributed by atoms with Crippen LogP contribution < -0.4 is 10.2 Å². The molecule has 0 aliphatic carbocycles. The Bertz CT molecular complexity index is 564. The second-order valence-electron chi connectivity index (χ2n) is 4.95. The molecule has 2 heterocycles. The molecule has 0 aliphatic heterocycles. The quantitative estimate of drug-likeness (QED) is 0.835. The molecule has 0 bridgehead atoms. The van der Waals surface area contributed by atoms with Gasteiger partial charge in [0.2, 0.25) is 5.95 Å². The second-order valence-corrected chi connectivity index (χ2v) is 6.19. The normalized spacial score (nSPS) is 11.0. The zero-order valence-electron chi connectivity index (χ0n) is 12.9. The molecule has 0 fully saturated rings. The van der Waals surface area contributed by atoms with Crippen LogP contribution in [0.1, 0.15) is 38.5 Å². The van der Waals surface area contributed by atoms with Crippen molar-refractivity contribution in [2.45, 2.75) is 40.5 Å². The fourth-order valence-electron chi connectivity index (χ4n) is 2.27. The topological polar surface area (TPSA) is 41.1 Å². The molecule has 2 rings (SSSR count). The maximum Gasteiger partial charge on any atom is 0.226 e. The third-order valence-corrected chi connectivity index (χ3v) is 4.15. The lowest BCUT2D eigenvalue weighted by atomic mass is 10.3. The van der Waals surface area contributed by atoms with Gasteiger partial charge in [-0.25, -0.2) is 4.98 Å². The number of thiophene rings is 1. The Kier molecular flexibility index (Phi) is 5.17. The molecule has 5 heteroatoms. The molecule has 4 nitrogen and oxygen atoms in total. The fraction of sp³-hybridized carbons (Fsp3) is 0.600. The van der Waals surface area contributed by atoms with Crippen molar-refractivity contribution in [3.05, 3.63) is 10.9 Å². The van der Waals surface area contributed by atoms with E-state index >= 15 is 0 Å². The lowest BCUT2D eigenvalue weighted by Crippen LogP contribution is -2.25. The Morgan fingerprint density at radius 2 is 2.00 bits per heavy atom. The maximum atomic E-state index is 4.75. The van der Waals surface area contributed by atoms with Crippen molar-refractivity contribution < 1.29 is 0 Å². The van der Waals surface area contributed by atoms with Gasteiger partial charge in [0.15, 0.2) is 0 Å². The summed E-state index contributed by atoms with van der Waals surface area (Å²) in [6.07, 6.45) is 2.20. The summed E-state index contributed by atoms with van der Waals surface area (Å²) in [5.41, 5.74) is 0. The van der Waals surface area contributed by atoms with Crippen LogP contribution in [0, 0.1) is 6.92 Å². The summed E-state index contributed by atoms with van der Waals surface area (Å²) in [4.78, 5) is 14.1. The van der Waals surface area contributed by atoms with Gasteiger partial charge < -0.3 is 10.2 Å². The molecule has 1 N–H and O–H groups in total. The highest BCUT2D eigenvalue weighted by Gasteiger charge is 2.14. The van der Waals surface area contributed by atoms with E-state index in [-0.39, 0.29) is 0 Å². The fourth-order valence-corrected chi connectivity index (χ4v) is 3.14. The van der Waals surface area contributed by atoms with Crippen LogP contribution in [-0.2, 0) is 0 Å². The molecular formula is C15H24N4S. The van der Waals surface area contributed by atoms with Crippen LogP contribution in [0.4, 0.5) is 11.8 Å². The van der Waals surface area contributed by atoms with E-state index in [9.17, 15) is 0 Å². The maximum absolute atomic E-state index is 4.75. The molecule has 0 atom stereocenters. The first-order valence-electron chi connectivity index (χ1n) is 7.46. The number of aryl methyl sites for hydroxylation is 1. The summed E-state index contributed by atoms with van der Waals surface area (Å²) in [6.45, 7) is 11.6. The van der Waals surface area contributed by atoms with E-state index < -0.39 is 0 Å². The van der Waals surface area contributed by atoms with Gasteiger partial charge in [0.05, 0.1) is 5.39 Å². The molecule has 2 aromatic rings. The van der Waals surface area contributed by atoms with Crippen LogP contribution >= 0.6 is 11.3 Å². The summed E-state index contributed by atoms with van der Waals surface area (Å²) in [5, 5.41) is 4.50. The average Bonchev–Trinajstić information content (AvgIpc) is 2.82. The molecule has 0 amide bonds. The van der Waals surface area contributed by atoms with Crippen molar-refractivity contribution in [2.24, 2.45) is 0 Å². The molecule has 0 saturated heterocycles. The van der Waals surface area contributed by atoms with Gasteiger partial charge >= 0.3 is 0 Å². The highest BCUT2D eigenvalue weighted by molar-refractivity contribution is 7.18. The second kappa shape index (κ2) is 6.88. The van der Waals surface area contributed by atoms with E-state index in [0.29, 0.717) is 0 Å². The van der Waals surface area contributed by atoms with Crippen LogP contribution in [0.5, 0.6) is 0 Å². The van der Waals surface area contributed by atoms with E-state index in [4.69, 9.17) is 4.98 Å². The molecule has 0 spiro atoms. The Morgan fingerprint density at radius 3 is 2.65 bits per heavy atom. The van der Waals surface area contributed by atoms with Crippen LogP contribution in [0.2, 0.25) is 0 Å². The van der Waals surface area contributed by atoms with E-state index in [1.165, 1.54) is 10.3 Å². The molecular weight excluding hydrogens is 268 g/mol. The van der Waals surface area contributed by atoms with Crippen molar-refractivity contribution >= 4 is 33.3 Å². The van der Waals surface area contributed by atoms with E-state index in [0.717, 1.165) is 49.1 Å². The minimum Gasteiger partial charge on any atom is -0.356 e. The lowest BCUT2D eigenvalue weighted by molar-refractivity contribution is 0.781. The van der Waals surface area contributed by atoms with Crippen molar-refractivity contribution in [2.75, 3.05) is 29.9 Å². The summed E-state index contributed by atoms with van der Waals surface area (Å²) in [6, 6.07) is 2.21. The van der Waals surface area contributed by atoms with Gasteiger partial charge in [0, 0.05) is 24.5 Å². The van der Waals surface area contributed by atoms with E-state index in [1.807, 2.05) is 0 Å². The van der Waals surface area contributed by atoms with Crippen molar-refractivity contribution in [1.82, 2.24) is 9.97 Å². The van der Waals surface area contributed by atoms with E-state index in [1.54, 1.807) is 11.3 Å². The molecule has 0 saturated carbocycles. The first-order chi connectivity index (χ1) is 9.69.